The Morgan fingerprint density at radius 2 is 1.94 bits per heavy atom. The molecular formula is C15H28N2O. The summed E-state index contributed by atoms with van der Waals surface area (Å²) in [5.41, 5.74) is 0.411. The summed E-state index contributed by atoms with van der Waals surface area (Å²) in [6.45, 7) is 7.49. The molecule has 1 atom stereocenters. The Balaban J connectivity index is 1.67. The number of hydrogen-bond acceptors (Lipinski definition) is 2. The van der Waals surface area contributed by atoms with Gasteiger partial charge in [0.2, 0.25) is 5.91 Å². The zero-order chi connectivity index (χ0) is 13.0. The zero-order valence-electron chi connectivity index (χ0n) is 12.0. The molecule has 1 aliphatic carbocycles. The van der Waals surface area contributed by atoms with Crippen LogP contribution in [0, 0.1) is 5.41 Å². The van der Waals surface area contributed by atoms with Gasteiger partial charge in [-0.15, -0.1) is 0 Å². The molecule has 1 aliphatic heterocycles. The molecule has 2 aliphatic rings. The van der Waals surface area contributed by atoms with Gasteiger partial charge in [0.05, 0.1) is 0 Å². The monoisotopic (exact) mass is 252 g/mol. The molecule has 0 aromatic carbocycles. The van der Waals surface area contributed by atoms with E-state index in [0.29, 0.717) is 23.8 Å². The molecule has 0 radical (unpaired) electrons. The average molecular weight is 252 g/mol. The molecule has 1 heterocycles. The molecule has 0 bridgehead atoms. The highest BCUT2D eigenvalue weighted by molar-refractivity contribution is 5.76. The van der Waals surface area contributed by atoms with Gasteiger partial charge in [-0.1, -0.05) is 20.3 Å². The summed E-state index contributed by atoms with van der Waals surface area (Å²) in [5, 5.41) is 3.59. The summed E-state index contributed by atoms with van der Waals surface area (Å²) in [4.78, 5) is 14.1. The fourth-order valence-corrected chi connectivity index (χ4v) is 3.36. The molecule has 104 valence electrons. The molecule has 1 unspecified atom stereocenters. The Morgan fingerprint density at radius 1 is 1.22 bits per heavy atom. The van der Waals surface area contributed by atoms with Crippen molar-refractivity contribution in [2.75, 3.05) is 19.6 Å². The number of rotatable bonds is 4. The Labute approximate surface area is 111 Å². The molecule has 0 spiro atoms. The third kappa shape index (κ3) is 3.47. The van der Waals surface area contributed by atoms with E-state index in [9.17, 15) is 4.79 Å². The fourth-order valence-electron chi connectivity index (χ4n) is 3.36. The first-order chi connectivity index (χ1) is 8.59. The summed E-state index contributed by atoms with van der Waals surface area (Å²) < 4.78 is 0. The van der Waals surface area contributed by atoms with Crippen LogP contribution in [0.2, 0.25) is 0 Å². The largest absolute Gasteiger partial charge is 0.343 e. The zero-order valence-corrected chi connectivity index (χ0v) is 12.0. The number of nitrogens with one attached hydrogen (secondary N) is 1. The normalized spacial score (nSPS) is 27.4. The van der Waals surface area contributed by atoms with E-state index in [1.54, 1.807) is 0 Å². The highest BCUT2D eigenvalue weighted by Gasteiger charge is 2.33. The maximum Gasteiger partial charge on any atom is 0.223 e. The van der Waals surface area contributed by atoms with E-state index in [-0.39, 0.29) is 0 Å². The van der Waals surface area contributed by atoms with Crippen molar-refractivity contribution in [3.8, 4) is 0 Å². The Hall–Kier alpha value is -0.570. The van der Waals surface area contributed by atoms with E-state index in [2.05, 4.69) is 19.2 Å². The molecule has 0 aromatic rings. The summed E-state index contributed by atoms with van der Waals surface area (Å²) in [6.07, 6.45) is 8.24. The average Bonchev–Trinajstić information content (AvgIpc) is 2.70. The van der Waals surface area contributed by atoms with Gasteiger partial charge >= 0.3 is 0 Å². The molecule has 1 saturated heterocycles. The molecule has 1 saturated carbocycles. The van der Waals surface area contributed by atoms with Gasteiger partial charge < -0.3 is 10.2 Å². The van der Waals surface area contributed by atoms with Gasteiger partial charge in [0.1, 0.15) is 0 Å². The summed E-state index contributed by atoms with van der Waals surface area (Å²) in [5.74, 6) is 0.345. The smallest absolute Gasteiger partial charge is 0.223 e. The molecule has 1 N–H and O–H groups in total. The fraction of sp³-hybridized carbons (Fsp3) is 0.933. The van der Waals surface area contributed by atoms with Crippen LogP contribution in [0.4, 0.5) is 0 Å². The number of hydrogen-bond donors (Lipinski definition) is 1. The van der Waals surface area contributed by atoms with E-state index < -0.39 is 0 Å². The Morgan fingerprint density at radius 3 is 2.56 bits per heavy atom. The van der Waals surface area contributed by atoms with E-state index in [1.165, 1.54) is 38.5 Å². The first-order valence-electron chi connectivity index (χ1n) is 7.61. The summed E-state index contributed by atoms with van der Waals surface area (Å²) >= 11 is 0. The van der Waals surface area contributed by atoms with Crippen molar-refractivity contribution in [1.82, 2.24) is 10.2 Å². The molecule has 18 heavy (non-hydrogen) atoms. The van der Waals surface area contributed by atoms with Gasteiger partial charge in [-0.05, 0) is 37.5 Å². The second-order valence-corrected chi connectivity index (χ2v) is 6.58. The third-order valence-electron chi connectivity index (χ3n) is 4.70. The van der Waals surface area contributed by atoms with Crippen molar-refractivity contribution in [2.24, 2.45) is 5.41 Å². The predicted octanol–water partition coefficient (Wildman–Crippen LogP) is 2.56. The van der Waals surface area contributed by atoms with Crippen LogP contribution in [0.5, 0.6) is 0 Å². The minimum absolute atomic E-state index is 0.345. The van der Waals surface area contributed by atoms with E-state index in [4.69, 9.17) is 0 Å². The molecule has 2 rings (SSSR count). The van der Waals surface area contributed by atoms with Crippen LogP contribution in [-0.2, 0) is 4.79 Å². The van der Waals surface area contributed by atoms with Crippen molar-refractivity contribution in [1.29, 1.82) is 0 Å². The Bertz CT molecular complexity index is 282. The first-order valence-corrected chi connectivity index (χ1v) is 7.61. The van der Waals surface area contributed by atoms with Gasteiger partial charge in [0, 0.05) is 32.1 Å². The lowest BCUT2D eigenvalue weighted by molar-refractivity contribution is -0.132. The lowest BCUT2D eigenvalue weighted by Crippen LogP contribution is -2.41. The van der Waals surface area contributed by atoms with Crippen molar-refractivity contribution in [2.45, 2.75) is 64.8 Å². The predicted molar refractivity (Wildman–Crippen MR) is 74.5 cm³/mol. The minimum Gasteiger partial charge on any atom is -0.343 e. The van der Waals surface area contributed by atoms with Gasteiger partial charge in [0.25, 0.3) is 0 Å². The quantitative estimate of drug-likeness (QED) is 0.834. The van der Waals surface area contributed by atoms with Crippen LogP contribution < -0.4 is 5.32 Å². The summed E-state index contributed by atoms with van der Waals surface area (Å²) in [7, 11) is 0. The van der Waals surface area contributed by atoms with Gasteiger partial charge in [-0.2, -0.15) is 0 Å². The summed E-state index contributed by atoms with van der Waals surface area (Å²) in [6, 6.07) is 0.603. The number of likely N-dealkylation sites (tertiary alicyclic amines) is 1. The van der Waals surface area contributed by atoms with E-state index >= 15 is 0 Å². The Kier molecular flexibility index (Phi) is 4.66. The van der Waals surface area contributed by atoms with Gasteiger partial charge in [-0.25, -0.2) is 0 Å². The van der Waals surface area contributed by atoms with Crippen LogP contribution in [0.3, 0.4) is 0 Å². The van der Waals surface area contributed by atoms with Crippen LogP contribution in [0.15, 0.2) is 0 Å². The lowest BCUT2D eigenvalue weighted by Gasteiger charge is -2.29. The lowest BCUT2D eigenvalue weighted by atomic mass is 9.87. The highest BCUT2D eigenvalue weighted by Crippen LogP contribution is 2.37. The topological polar surface area (TPSA) is 32.3 Å². The van der Waals surface area contributed by atoms with E-state index in [0.717, 1.165) is 19.6 Å². The van der Waals surface area contributed by atoms with Crippen LogP contribution in [-0.4, -0.2) is 36.5 Å². The minimum atomic E-state index is 0.345. The highest BCUT2D eigenvalue weighted by atomic mass is 16.2. The molecule has 3 nitrogen and oxygen atoms in total. The second-order valence-electron chi connectivity index (χ2n) is 6.58. The van der Waals surface area contributed by atoms with E-state index in [1.807, 2.05) is 4.90 Å². The standard InChI is InChI=1S/C15H28N2O/c1-15(2)9-6-7-13(15)16-10-8-14(18)17-11-4-3-5-12-17/h13,16H,3-12H2,1-2H3. The number of piperidine rings is 1. The number of carbonyl (C=O) groups is 1. The molecule has 3 heteroatoms. The maximum absolute atomic E-state index is 12.0. The molecule has 1 amide bonds. The first kappa shape index (κ1) is 13.9. The molecular weight excluding hydrogens is 224 g/mol. The SMILES string of the molecule is CC1(C)CCCC1NCCC(=O)N1CCCCC1. The maximum atomic E-state index is 12.0. The number of carbonyl (C=O) groups excluding carboxylic acids is 1. The van der Waals surface area contributed by atoms with Crippen molar-refractivity contribution in [3.63, 3.8) is 0 Å². The van der Waals surface area contributed by atoms with Crippen LogP contribution in [0.1, 0.15) is 58.8 Å². The third-order valence-corrected chi connectivity index (χ3v) is 4.70. The van der Waals surface area contributed by atoms with Gasteiger partial charge in [0.15, 0.2) is 0 Å². The van der Waals surface area contributed by atoms with Crippen LogP contribution in [0.25, 0.3) is 0 Å². The van der Waals surface area contributed by atoms with Crippen LogP contribution >= 0.6 is 0 Å². The van der Waals surface area contributed by atoms with Crippen molar-refractivity contribution >= 4 is 5.91 Å². The van der Waals surface area contributed by atoms with Crippen molar-refractivity contribution < 1.29 is 4.79 Å². The molecule has 0 aromatic heterocycles. The van der Waals surface area contributed by atoms with Crippen molar-refractivity contribution in [3.05, 3.63) is 0 Å². The molecule has 2 fully saturated rings. The number of amides is 1. The second kappa shape index (κ2) is 6.05. The number of nitrogens with zero attached hydrogens (tertiary/aromatic N) is 1. The van der Waals surface area contributed by atoms with Gasteiger partial charge in [-0.3, -0.25) is 4.79 Å².